The first kappa shape index (κ1) is 23.6. The molecule has 0 aliphatic carbocycles. The number of aromatic nitrogens is 2. The highest BCUT2D eigenvalue weighted by Crippen LogP contribution is 2.26. The molecule has 1 aliphatic rings. The van der Waals surface area contributed by atoms with Crippen LogP contribution in [-0.2, 0) is 6.54 Å². The fraction of sp³-hybridized carbons (Fsp3) is 0.375. The van der Waals surface area contributed by atoms with E-state index in [9.17, 15) is 18.4 Å². The Hall–Kier alpha value is -3.53. The highest BCUT2D eigenvalue weighted by Gasteiger charge is 2.19. The molecular weight excluding hydrogens is 446 g/mol. The molecule has 0 bridgehead atoms. The van der Waals surface area contributed by atoms with Gasteiger partial charge in [0.25, 0.3) is 11.5 Å². The molecule has 0 radical (unpaired) electrons. The molecule has 0 unspecified atom stereocenters. The number of H-pyrrole nitrogens is 1. The largest absolute Gasteiger partial charge is 0.494 e. The minimum atomic E-state index is -0.671. The molecular formula is C24H26F2N4O4. The molecule has 2 aromatic carbocycles. The predicted octanol–water partition coefficient (Wildman–Crippen LogP) is 2.91. The van der Waals surface area contributed by atoms with E-state index in [2.05, 4.69) is 20.6 Å². The number of hydrogen-bond acceptors (Lipinski definition) is 6. The monoisotopic (exact) mass is 472 g/mol. The van der Waals surface area contributed by atoms with Crippen LogP contribution in [0.3, 0.4) is 0 Å². The van der Waals surface area contributed by atoms with Gasteiger partial charge in [-0.3, -0.25) is 9.59 Å². The van der Waals surface area contributed by atoms with Crippen molar-refractivity contribution in [1.29, 1.82) is 0 Å². The lowest BCUT2D eigenvalue weighted by Gasteiger charge is -2.22. The van der Waals surface area contributed by atoms with Crippen molar-refractivity contribution in [2.75, 3.05) is 26.8 Å². The van der Waals surface area contributed by atoms with Gasteiger partial charge in [-0.25, -0.2) is 13.8 Å². The van der Waals surface area contributed by atoms with Crippen LogP contribution in [0, 0.1) is 17.6 Å². The number of piperidine rings is 1. The lowest BCUT2D eigenvalue weighted by atomic mass is 9.95. The number of rotatable bonds is 8. The number of hydrogen-bond donors (Lipinski definition) is 3. The fourth-order valence-electron chi connectivity index (χ4n) is 4.00. The molecule has 180 valence electrons. The molecule has 3 aromatic rings. The van der Waals surface area contributed by atoms with Crippen molar-refractivity contribution < 1.29 is 23.0 Å². The lowest BCUT2D eigenvalue weighted by molar-refractivity contribution is 0.0940. The third-order valence-electron chi connectivity index (χ3n) is 5.89. The average molecular weight is 472 g/mol. The van der Waals surface area contributed by atoms with Gasteiger partial charge in [-0.05, 0) is 68.1 Å². The summed E-state index contributed by atoms with van der Waals surface area (Å²) in [6.07, 6.45) is 2.83. The van der Waals surface area contributed by atoms with E-state index in [0.29, 0.717) is 11.5 Å². The summed E-state index contributed by atoms with van der Waals surface area (Å²) >= 11 is 0. The summed E-state index contributed by atoms with van der Waals surface area (Å²) in [5.74, 6) is -1.65. The molecule has 4 rings (SSSR count). The maximum Gasteiger partial charge on any atom is 0.287 e. The Balaban J connectivity index is 1.48. The molecule has 1 amide bonds. The maximum absolute atomic E-state index is 14.5. The predicted molar refractivity (Wildman–Crippen MR) is 122 cm³/mol. The number of carbonyl (C=O) groups excluding carboxylic acids is 1. The Labute approximate surface area is 194 Å². The lowest BCUT2D eigenvalue weighted by Crippen LogP contribution is -2.28. The van der Waals surface area contributed by atoms with Crippen LogP contribution < -0.4 is 25.7 Å². The van der Waals surface area contributed by atoms with Crippen LogP contribution in [0.4, 0.5) is 8.78 Å². The second-order valence-corrected chi connectivity index (χ2v) is 8.17. The van der Waals surface area contributed by atoms with Gasteiger partial charge in [-0.15, -0.1) is 0 Å². The van der Waals surface area contributed by atoms with Crippen molar-refractivity contribution in [1.82, 2.24) is 20.6 Å². The average Bonchev–Trinajstić information content (AvgIpc) is 2.85. The Kier molecular flexibility index (Phi) is 7.36. The summed E-state index contributed by atoms with van der Waals surface area (Å²) in [5, 5.41) is 5.87. The quantitative estimate of drug-likeness (QED) is 0.466. The first-order valence-electron chi connectivity index (χ1n) is 11.1. The second-order valence-electron chi connectivity index (χ2n) is 8.17. The second kappa shape index (κ2) is 10.6. The van der Waals surface area contributed by atoms with Crippen molar-refractivity contribution in [2.45, 2.75) is 25.8 Å². The summed E-state index contributed by atoms with van der Waals surface area (Å²) in [5.41, 5.74) is 0.0758. The Morgan fingerprint density at radius 1 is 1.18 bits per heavy atom. The Morgan fingerprint density at radius 2 is 1.94 bits per heavy atom. The van der Waals surface area contributed by atoms with Crippen LogP contribution >= 0.6 is 0 Å². The van der Waals surface area contributed by atoms with Gasteiger partial charge in [0.2, 0.25) is 0 Å². The number of methoxy groups -OCH3 is 1. The van der Waals surface area contributed by atoms with Crippen molar-refractivity contribution in [3.8, 4) is 11.5 Å². The Morgan fingerprint density at radius 3 is 2.71 bits per heavy atom. The number of ether oxygens (including phenoxy) is 2. The third-order valence-corrected chi connectivity index (χ3v) is 5.89. The topological polar surface area (TPSA) is 105 Å². The summed E-state index contributed by atoms with van der Waals surface area (Å²) in [4.78, 5) is 31.9. The van der Waals surface area contributed by atoms with Crippen molar-refractivity contribution >= 4 is 16.8 Å². The van der Waals surface area contributed by atoms with Crippen LogP contribution in [0.1, 0.15) is 35.4 Å². The summed E-state index contributed by atoms with van der Waals surface area (Å²) in [6.45, 7) is 2.25. The van der Waals surface area contributed by atoms with E-state index in [1.165, 1.54) is 37.4 Å². The molecule has 1 aromatic heterocycles. The van der Waals surface area contributed by atoms with Gasteiger partial charge in [0.1, 0.15) is 5.39 Å². The summed E-state index contributed by atoms with van der Waals surface area (Å²) in [6, 6.07) is 6.70. The molecule has 0 spiro atoms. The first-order valence-corrected chi connectivity index (χ1v) is 11.1. The standard InChI is InChI=1S/C24H26F2N4O4/c1-33-19-12-15(2-3-16(19)25)13-28-24(32)22-29-18-5-4-17(26)21(20(18)23(31)30-22)34-11-8-14-6-9-27-10-7-14/h2-5,12,14,27H,6-11,13H2,1H3,(H,28,32)(H,29,30,31). The van der Waals surface area contributed by atoms with Crippen molar-refractivity contribution in [3.05, 3.63) is 63.7 Å². The maximum atomic E-state index is 14.5. The van der Waals surface area contributed by atoms with Gasteiger partial charge >= 0.3 is 0 Å². The van der Waals surface area contributed by atoms with Crippen LogP contribution in [0.25, 0.3) is 10.9 Å². The molecule has 34 heavy (non-hydrogen) atoms. The van der Waals surface area contributed by atoms with Crippen molar-refractivity contribution in [3.63, 3.8) is 0 Å². The van der Waals surface area contributed by atoms with E-state index in [4.69, 9.17) is 9.47 Å². The molecule has 2 heterocycles. The number of halogens is 2. The molecule has 3 N–H and O–H groups in total. The number of benzene rings is 2. The molecule has 1 aliphatic heterocycles. The first-order chi connectivity index (χ1) is 16.5. The summed E-state index contributed by atoms with van der Waals surface area (Å²) in [7, 11) is 1.35. The number of aromatic amines is 1. The number of nitrogens with zero attached hydrogens (tertiary/aromatic N) is 1. The van der Waals surface area contributed by atoms with E-state index < -0.39 is 23.1 Å². The highest BCUT2D eigenvalue weighted by atomic mass is 19.1. The molecule has 8 nitrogen and oxygen atoms in total. The highest BCUT2D eigenvalue weighted by molar-refractivity contribution is 5.93. The van der Waals surface area contributed by atoms with E-state index in [1.54, 1.807) is 0 Å². The van der Waals surface area contributed by atoms with Crippen LogP contribution in [0.15, 0.2) is 35.1 Å². The zero-order valence-corrected chi connectivity index (χ0v) is 18.7. The number of carbonyl (C=O) groups is 1. The number of fused-ring (bicyclic) bond motifs is 1. The van der Waals surface area contributed by atoms with Crippen LogP contribution in [-0.4, -0.2) is 42.7 Å². The van der Waals surface area contributed by atoms with E-state index in [1.807, 2.05) is 0 Å². The third kappa shape index (κ3) is 5.33. The normalized spacial score (nSPS) is 14.2. The van der Waals surface area contributed by atoms with Gasteiger partial charge in [-0.2, -0.15) is 0 Å². The van der Waals surface area contributed by atoms with Gasteiger partial charge in [0.05, 0.1) is 19.2 Å². The number of amides is 1. The summed E-state index contributed by atoms with van der Waals surface area (Å²) < 4.78 is 38.7. The van der Waals surface area contributed by atoms with Crippen LogP contribution in [0.5, 0.6) is 11.5 Å². The van der Waals surface area contributed by atoms with Crippen LogP contribution in [0.2, 0.25) is 0 Å². The minimum Gasteiger partial charge on any atom is -0.494 e. The van der Waals surface area contributed by atoms with Crippen molar-refractivity contribution in [2.24, 2.45) is 5.92 Å². The fourth-order valence-corrected chi connectivity index (χ4v) is 4.00. The SMILES string of the molecule is COc1cc(CNC(=O)c2nc3ccc(F)c(OCCC4CCNCC4)c3c(=O)[nH]2)ccc1F. The zero-order valence-electron chi connectivity index (χ0n) is 18.7. The molecule has 1 fully saturated rings. The minimum absolute atomic E-state index is 0.0369. The van der Waals surface area contributed by atoms with E-state index >= 15 is 0 Å². The smallest absolute Gasteiger partial charge is 0.287 e. The molecule has 0 saturated carbocycles. The van der Waals surface area contributed by atoms with Gasteiger partial charge in [0, 0.05) is 6.54 Å². The van der Waals surface area contributed by atoms with E-state index in [-0.39, 0.29) is 41.4 Å². The zero-order chi connectivity index (χ0) is 24.1. The van der Waals surface area contributed by atoms with Gasteiger partial charge in [-0.1, -0.05) is 6.07 Å². The van der Waals surface area contributed by atoms with E-state index in [0.717, 1.165) is 32.4 Å². The molecule has 0 atom stereocenters. The van der Waals surface area contributed by atoms with Gasteiger partial charge in [0.15, 0.2) is 29.0 Å². The van der Waals surface area contributed by atoms with Gasteiger partial charge < -0.3 is 25.1 Å². The molecule has 10 heteroatoms. The number of nitrogens with one attached hydrogen (secondary N) is 3. The molecule has 1 saturated heterocycles. The Bertz CT molecular complexity index is 1240.